The maximum atomic E-state index is 5.93. The van der Waals surface area contributed by atoms with E-state index >= 15 is 0 Å². The summed E-state index contributed by atoms with van der Waals surface area (Å²) in [6.45, 7) is 11.1. The molecule has 1 aromatic rings. The van der Waals surface area contributed by atoms with Gasteiger partial charge in [0.05, 0.1) is 0 Å². The number of aryl methyl sites for hydroxylation is 1. The lowest BCUT2D eigenvalue weighted by molar-refractivity contribution is 0.167. The van der Waals surface area contributed by atoms with Gasteiger partial charge in [-0.1, -0.05) is 20.8 Å². The molecule has 0 bridgehead atoms. The molecule has 112 valence electrons. The van der Waals surface area contributed by atoms with Crippen molar-refractivity contribution in [2.24, 2.45) is 17.1 Å². The van der Waals surface area contributed by atoms with Gasteiger partial charge < -0.3 is 5.73 Å². The van der Waals surface area contributed by atoms with E-state index in [0.29, 0.717) is 11.3 Å². The Balaban J connectivity index is 2.06. The van der Waals surface area contributed by atoms with Crippen molar-refractivity contribution in [3.05, 3.63) is 23.3 Å². The van der Waals surface area contributed by atoms with Gasteiger partial charge in [0.25, 0.3) is 0 Å². The van der Waals surface area contributed by atoms with Crippen LogP contribution in [0, 0.1) is 18.3 Å². The Morgan fingerprint density at radius 1 is 1.20 bits per heavy atom. The molecular formula is C17H29N3. The molecule has 0 aromatic carbocycles. The Bertz CT molecular complexity index is 452. The number of hydrogen-bond donors (Lipinski definition) is 1. The van der Waals surface area contributed by atoms with Crippen LogP contribution in [0.15, 0.2) is 6.20 Å². The molecule has 1 atom stereocenters. The van der Waals surface area contributed by atoms with E-state index in [1.165, 1.54) is 25.7 Å². The van der Waals surface area contributed by atoms with Crippen LogP contribution in [0.2, 0.25) is 0 Å². The smallest absolute Gasteiger partial charge is 0.131 e. The van der Waals surface area contributed by atoms with E-state index in [9.17, 15) is 0 Å². The van der Waals surface area contributed by atoms with E-state index in [0.717, 1.165) is 23.0 Å². The van der Waals surface area contributed by atoms with Crippen LogP contribution < -0.4 is 5.73 Å². The van der Waals surface area contributed by atoms with Crippen LogP contribution in [0.25, 0.3) is 0 Å². The number of nitrogens with two attached hydrogens (primary N) is 1. The van der Waals surface area contributed by atoms with Gasteiger partial charge in [0.1, 0.15) is 5.82 Å². The van der Waals surface area contributed by atoms with E-state index in [4.69, 9.17) is 10.7 Å². The summed E-state index contributed by atoms with van der Waals surface area (Å²) >= 11 is 0. The van der Waals surface area contributed by atoms with Crippen molar-refractivity contribution in [3.63, 3.8) is 0 Å². The van der Waals surface area contributed by atoms with Crippen LogP contribution in [-0.4, -0.2) is 9.97 Å². The van der Waals surface area contributed by atoms with Crippen molar-refractivity contribution in [1.29, 1.82) is 0 Å². The first-order chi connectivity index (χ1) is 9.29. The second-order valence-corrected chi connectivity index (χ2v) is 7.47. The van der Waals surface area contributed by atoms with E-state index in [1.807, 2.05) is 20.0 Å². The van der Waals surface area contributed by atoms with Crippen molar-refractivity contribution < 1.29 is 0 Å². The summed E-state index contributed by atoms with van der Waals surface area (Å²) < 4.78 is 0. The van der Waals surface area contributed by atoms with E-state index < -0.39 is 0 Å². The van der Waals surface area contributed by atoms with Crippen molar-refractivity contribution in [3.8, 4) is 0 Å². The highest BCUT2D eigenvalue weighted by atomic mass is 14.9. The van der Waals surface area contributed by atoms with Crippen LogP contribution in [0.3, 0.4) is 0 Å². The minimum atomic E-state index is 0.0145. The number of nitrogens with zero attached hydrogens (tertiary/aromatic N) is 2. The standard InChI is InChI=1S/C17H29N3/c1-11(18)15-10-19-16(20-12(15)2)13-6-8-14(9-7-13)17(3,4)5/h10-11,13-14H,6-9,18H2,1-5H3/t11-,13?,14?/m0/s1. The highest BCUT2D eigenvalue weighted by Crippen LogP contribution is 2.42. The third kappa shape index (κ3) is 3.38. The predicted molar refractivity (Wildman–Crippen MR) is 83.5 cm³/mol. The van der Waals surface area contributed by atoms with E-state index in [2.05, 4.69) is 25.8 Å². The Morgan fingerprint density at radius 3 is 2.25 bits per heavy atom. The molecule has 1 heterocycles. The summed E-state index contributed by atoms with van der Waals surface area (Å²) in [5, 5.41) is 0. The first-order valence-electron chi connectivity index (χ1n) is 7.88. The normalized spacial score (nSPS) is 25.5. The Hall–Kier alpha value is -0.960. The Kier molecular flexibility index (Phi) is 4.48. The summed E-state index contributed by atoms with van der Waals surface area (Å²) in [4.78, 5) is 9.29. The van der Waals surface area contributed by atoms with Gasteiger partial charge in [0.15, 0.2) is 0 Å². The van der Waals surface area contributed by atoms with Gasteiger partial charge in [-0.05, 0) is 50.9 Å². The molecule has 3 nitrogen and oxygen atoms in total. The van der Waals surface area contributed by atoms with Crippen LogP contribution in [-0.2, 0) is 0 Å². The SMILES string of the molecule is Cc1nc(C2CCC(C(C)(C)C)CC2)ncc1[C@H](C)N. The summed E-state index contributed by atoms with van der Waals surface area (Å²) in [6, 6.07) is 0.0145. The third-order valence-corrected chi connectivity index (χ3v) is 4.84. The fourth-order valence-electron chi connectivity index (χ4n) is 3.36. The minimum Gasteiger partial charge on any atom is -0.324 e. The van der Waals surface area contributed by atoms with Gasteiger partial charge in [0.2, 0.25) is 0 Å². The quantitative estimate of drug-likeness (QED) is 0.883. The highest BCUT2D eigenvalue weighted by molar-refractivity contribution is 5.20. The molecule has 0 amide bonds. The zero-order chi connectivity index (χ0) is 14.9. The Labute approximate surface area is 123 Å². The average Bonchev–Trinajstić information content (AvgIpc) is 2.37. The topological polar surface area (TPSA) is 51.8 Å². The first-order valence-corrected chi connectivity index (χ1v) is 7.88. The highest BCUT2D eigenvalue weighted by Gasteiger charge is 2.31. The second kappa shape index (κ2) is 5.80. The number of rotatable bonds is 2. The van der Waals surface area contributed by atoms with Crippen molar-refractivity contribution in [2.75, 3.05) is 0 Å². The lowest BCUT2D eigenvalue weighted by atomic mass is 9.69. The molecule has 1 saturated carbocycles. The van der Waals surface area contributed by atoms with Gasteiger partial charge in [-0.25, -0.2) is 9.97 Å². The molecule has 0 unspecified atom stereocenters. The maximum absolute atomic E-state index is 5.93. The molecular weight excluding hydrogens is 246 g/mol. The van der Waals surface area contributed by atoms with Gasteiger partial charge in [-0.2, -0.15) is 0 Å². The molecule has 0 saturated heterocycles. The number of aromatic nitrogens is 2. The van der Waals surface area contributed by atoms with E-state index in [1.54, 1.807) is 0 Å². The van der Waals surface area contributed by atoms with Gasteiger partial charge in [-0.3, -0.25) is 0 Å². The van der Waals surface area contributed by atoms with Crippen LogP contribution in [0.1, 0.15) is 82.4 Å². The maximum Gasteiger partial charge on any atom is 0.131 e. The number of hydrogen-bond acceptors (Lipinski definition) is 3. The van der Waals surface area contributed by atoms with E-state index in [-0.39, 0.29) is 6.04 Å². The minimum absolute atomic E-state index is 0.0145. The zero-order valence-corrected chi connectivity index (χ0v) is 13.6. The molecule has 3 heteroatoms. The van der Waals surface area contributed by atoms with Gasteiger partial charge in [-0.15, -0.1) is 0 Å². The van der Waals surface area contributed by atoms with Gasteiger partial charge in [0, 0.05) is 29.4 Å². The molecule has 2 N–H and O–H groups in total. The zero-order valence-electron chi connectivity index (χ0n) is 13.6. The molecule has 0 aliphatic heterocycles. The largest absolute Gasteiger partial charge is 0.324 e. The molecule has 0 spiro atoms. The van der Waals surface area contributed by atoms with Crippen molar-refractivity contribution in [1.82, 2.24) is 9.97 Å². The van der Waals surface area contributed by atoms with Crippen LogP contribution in [0.4, 0.5) is 0 Å². The first kappa shape index (κ1) is 15.4. The fourth-order valence-corrected chi connectivity index (χ4v) is 3.36. The molecule has 1 aromatic heterocycles. The molecule has 1 aliphatic carbocycles. The van der Waals surface area contributed by atoms with Crippen LogP contribution in [0.5, 0.6) is 0 Å². The monoisotopic (exact) mass is 275 g/mol. The average molecular weight is 275 g/mol. The second-order valence-electron chi connectivity index (χ2n) is 7.47. The molecule has 1 fully saturated rings. The summed E-state index contributed by atoms with van der Waals surface area (Å²) in [7, 11) is 0. The lowest BCUT2D eigenvalue weighted by Gasteiger charge is -2.36. The third-order valence-electron chi connectivity index (χ3n) is 4.84. The molecule has 2 rings (SSSR count). The lowest BCUT2D eigenvalue weighted by Crippen LogP contribution is -2.26. The molecule has 0 radical (unpaired) electrons. The summed E-state index contributed by atoms with van der Waals surface area (Å²) in [6.07, 6.45) is 6.97. The van der Waals surface area contributed by atoms with Crippen LogP contribution >= 0.6 is 0 Å². The van der Waals surface area contributed by atoms with Crippen molar-refractivity contribution in [2.45, 2.75) is 72.3 Å². The predicted octanol–water partition coefficient (Wildman–Crippen LogP) is 4.12. The summed E-state index contributed by atoms with van der Waals surface area (Å²) in [5.41, 5.74) is 8.47. The summed E-state index contributed by atoms with van der Waals surface area (Å²) in [5.74, 6) is 2.40. The Morgan fingerprint density at radius 2 is 1.80 bits per heavy atom. The molecule has 1 aliphatic rings. The molecule has 20 heavy (non-hydrogen) atoms. The van der Waals surface area contributed by atoms with Crippen molar-refractivity contribution >= 4 is 0 Å². The van der Waals surface area contributed by atoms with Gasteiger partial charge >= 0.3 is 0 Å². The fraction of sp³-hybridized carbons (Fsp3) is 0.765.